The van der Waals surface area contributed by atoms with E-state index in [9.17, 15) is 9.90 Å². The molecule has 0 fully saturated rings. The van der Waals surface area contributed by atoms with Gasteiger partial charge in [-0.3, -0.25) is 4.79 Å². The molecule has 2 aromatic rings. The van der Waals surface area contributed by atoms with Gasteiger partial charge in [-0.2, -0.15) is 0 Å². The number of methoxy groups -OCH3 is 1. The minimum Gasteiger partial charge on any atom is -0.496 e. The number of hydrogen-bond acceptors (Lipinski definition) is 4. The molecule has 4 nitrogen and oxygen atoms in total. The number of aliphatic hydroxyl groups is 1. The second-order valence-corrected chi connectivity index (χ2v) is 6.21. The van der Waals surface area contributed by atoms with Crippen LogP contribution in [0.3, 0.4) is 0 Å². The van der Waals surface area contributed by atoms with Crippen LogP contribution in [0, 0.1) is 0 Å². The molecule has 0 aliphatic rings. The van der Waals surface area contributed by atoms with Gasteiger partial charge in [0.2, 0.25) is 0 Å². The van der Waals surface area contributed by atoms with Crippen LogP contribution in [0.25, 0.3) is 0 Å². The van der Waals surface area contributed by atoms with Gasteiger partial charge >= 0.3 is 0 Å². The number of thiophene rings is 1. The van der Waals surface area contributed by atoms with Gasteiger partial charge in [0, 0.05) is 11.3 Å². The van der Waals surface area contributed by atoms with Crippen molar-refractivity contribution in [1.82, 2.24) is 0 Å². The highest BCUT2D eigenvalue weighted by molar-refractivity contribution is 9.11. The third-order valence-electron chi connectivity index (χ3n) is 2.51. The number of hydrogen-bond donors (Lipinski definition) is 2. The predicted molar refractivity (Wildman–Crippen MR) is 78.9 cm³/mol. The number of carbonyl (C=O) groups is 1. The van der Waals surface area contributed by atoms with Crippen LogP contribution in [0.5, 0.6) is 5.75 Å². The fraction of sp³-hybridized carbons (Fsp3) is 0.154. The van der Waals surface area contributed by atoms with Crippen LogP contribution in [0.15, 0.2) is 34.1 Å². The maximum atomic E-state index is 12.0. The van der Waals surface area contributed by atoms with Crippen LogP contribution in [-0.4, -0.2) is 18.1 Å². The van der Waals surface area contributed by atoms with E-state index < -0.39 is 0 Å². The molecule has 1 aromatic carbocycles. The van der Waals surface area contributed by atoms with E-state index >= 15 is 0 Å². The standard InChI is InChI=1S/C13H12BrNO3S/c1-18-10-3-2-9(6-8(10)7-16)15-13(17)11-4-5-12(14)19-11/h2-6,16H,7H2,1H3,(H,15,17). The van der Waals surface area contributed by atoms with E-state index in [4.69, 9.17) is 4.74 Å². The maximum Gasteiger partial charge on any atom is 0.265 e. The Kier molecular flexibility index (Phi) is 4.57. The van der Waals surface area contributed by atoms with Crippen LogP contribution in [0.1, 0.15) is 15.2 Å². The predicted octanol–water partition coefficient (Wildman–Crippen LogP) is 3.26. The summed E-state index contributed by atoms with van der Waals surface area (Å²) in [7, 11) is 1.54. The zero-order valence-corrected chi connectivity index (χ0v) is 12.5. The number of rotatable bonds is 4. The van der Waals surface area contributed by atoms with E-state index in [-0.39, 0.29) is 12.5 Å². The topological polar surface area (TPSA) is 58.6 Å². The van der Waals surface area contributed by atoms with E-state index in [0.29, 0.717) is 21.9 Å². The lowest BCUT2D eigenvalue weighted by molar-refractivity contribution is 0.103. The van der Waals surface area contributed by atoms with E-state index in [0.717, 1.165) is 3.79 Å². The Balaban J connectivity index is 2.17. The molecule has 0 bridgehead atoms. The van der Waals surface area contributed by atoms with Gasteiger partial charge in [0.05, 0.1) is 22.4 Å². The molecule has 0 aliphatic heterocycles. The Bertz CT molecular complexity index is 597. The Labute approximate surface area is 123 Å². The molecule has 0 atom stereocenters. The quantitative estimate of drug-likeness (QED) is 0.897. The van der Waals surface area contributed by atoms with Crippen molar-refractivity contribution in [3.63, 3.8) is 0 Å². The van der Waals surface area contributed by atoms with Crippen molar-refractivity contribution in [2.45, 2.75) is 6.61 Å². The third kappa shape index (κ3) is 3.34. The van der Waals surface area contributed by atoms with Crippen molar-refractivity contribution >= 4 is 38.9 Å². The summed E-state index contributed by atoms with van der Waals surface area (Å²) in [6, 6.07) is 8.72. The van der Waals surface area contributed by atoms with E-state index in [1.807, 2.05) is 6.07 Å². The average molecular weight is 342 g/mol. The van der Waals surface area contributed by atoms with Crippen molar-refractivity contribution < 1.29 is 14.6 Å². The first-order valence-corrected chi connectivity index (χ1v) is 7.09. The van der Waals surface area contributed by atoms with Gasteiger partial charge < -0.3 is 15.2 Å². The summed E-state index contributed by atoms with van der Waals surface area (Å²) in [5.74, 6) is 0.420. The number of halogens is 1. The number of amides is 1. The van der Waals surface area contributed by atoms with Crippen molar-refractivity contribution in [3.05, 3.63) is 44.6 Å². The fourth-order valence-corrected chi connectivity index (χ4v) is 2.89. The van der Waals surface area contributed by atoms with Gasteiger partial charge in [0.15, 0.2) is 0 Å². The normalized spacial score (nSPS) is 10.3. The van der Waals surface area contributed by atoms with Gasteiger partial charge in [-0.15, -0.1) is 11.3 Å². The summed E-state index contributed by atoms with van der Waals surface area (Å²) >= 11 is 4.68. The summed E-state index contributed by atoms with van der Waals surface area (Å²) < 4.78 is 6.01. The van der Waals surface area contributed by atoms with Gasteiger partial charge in [0.25, 0.3) is 5.91 Å². The second-order valence-electron chi connectivity index (χ2n) is 3.74. The molecule has 0 unspecified atom stereocenters. The minimum absolute atomic E-state index is 0.141. The van der Waals surface area contributed by atoms with Gasteiger partial charge in [-0.25, -0.2) is 0 Å². The lowest BCUT2D eigenvalue weighted by Gasteiger charge is -2.09. The first-order chi connectivity index (χ1) is 9.13. The molecule has 2 N–H and O–H groups in total. The third-order valence-corrected chi connectivity index (χ3v) is 4.13. The summed E-state index contributed by atoms with van der Waals surface area (Å²) in [4.78, 5) is 12.6. The highest BCUT2D eigenvalue weighted by Crippen LogP contribution is 2.25. The van der Waals surface area contributed by atoms with Crippen molar-refractivity contribution in [1.29, 1.82) is 0 Å². The summed E-state index contributed by atoms with van der Waals surface area (Å²) in [5, 5.41) is 12.0. The Morgan fingerprint density at radius 3 is 2.79 bits per heavy atom. The second kappa shape index (κ2) is 6.18. The molecule has 2 rings (SSSR count). The monoisotopic (exact) mass is 341 g/mol. The lowest BCUT2D eigenvalue weighted by Crippen LogP contribution is -2.10. The van der Waals surface area contributed by atoms with E-state index in [2.05, 4.69) is 21.2 Å². The number of aliphatic hydroxyl groups excluding tert-OH is 1. The van der Waals surface area contributed by atoms with Gasteiger partial charge in [0.1, 0.15) is 5.75 Å². The highest BCUT2D eigenvalue weighted by Gasteiger charge is 2.10. The summed E-state index contributed by atoms with van der Waals surface area (Å²) in [6.07, 6.45) is 0. The van der Waals surface area contributed by atoms with Crippen molar-refractivity contribution in [3.8, 4) is 5.75 Å². The average Bonchev–Trinajstić information content (AvgIpc) is 2.85. The molecule has 0 saturated heterocycles. The molecule has 0 radical (unpaired) electrons. The lowest BCUT2D eigenvalue weighted by atomic mass is 10.2. The first-order valence-electron chi connectivity index (χ1n) is 5.48. The zero-order chi connectivity index (χ0) is 13.8. The van der Waals surface area contributed by atoms with Crippen LogP contribution in [0.4, 0.5) is 5.69 Å². The first kappa shape index (κ1) is 14.0. The Hall–Kier alpha value is -1.37. The zero-order valence-electron chi connectivity index (χ0n) is 10.1. The van der Waals surface area contributed by atoms with Gasteiger partial charge in [-0.1, -0.05) is 0 Å². The molecular weight excluding hydrogens is 330 g/mol. The number of carbonyl (C=O) groups excluding carboxylic acids is 1. The number of benzene rings is 1. The smallest absolute Gasteiger partial charge is 0.265 e. The van der Waals surface area contributed by atoms with E-state index in [1.165, 1.54) is 18.4 Å². The molecule has 0 saturated carbocycles. The molecule has 19 heavy (non-hydrogen) atoms. The molecule has 1 amide bonds. The number of anilines is 1. The Morgan fingerprint density at radius 1 is 1.42 bits per heavy atom. The minimum atomic E-state index is -0.176. The summed E-state index contributed by atoms with van der Waals surface area (Å²) in [6.45, 7) is -0.141. The van der Waals surface area contributed by atoms with Crippen LogP contribution in [-0.2, 0) is 6.61 Å². The number of nitrogens with one attached hydrogen (secondary N) is 1. The Morgan fingerprint density at radius 2 is 2.21 bits per heavy atom. The van der Waals surface area contributed by atoms with Crippen LogP contribution < -0.4 is 10.1 Å². The van der Waals surface area contributed by atoms with E-state index in [1.54, 1.807) is 24.3 Å². The molecule has 0 aliphatic carbocycles. The van der Waals surface area contributed by atoms with Crippen molar-refractivity contribution in [2.75, 3.05) is 12.4 Å². The SMILES string of the molecule is COc1ccc(NC(=O)c2ccc(Br)s2)cc1CO. The maximum absolute atomic E-state index is 12.0. The van der Waals surface area contributed by atoms with Crippen LogP contribution in [0.2, 0.25) is 0 Å². The molecule has 1 heterocycles. The molecular formula is C13H12BrNO3S. The highest BCUT2D eigenvalue weighted by atomic mass is 79.9. The van der Waals surface area contributed by atoms with Gasteiger partial charge in [-0.05, 0) is 46.3 Å². The molecule has 100 valence electrons. The summed E-state index contributed by atoms with van der Waals surface area (Å²) in [5.41, 5.74) is 1.26. The molecule has 6 heteroatoms. The number of ether oxygens (including phenoxy) is 1. The largest absolute Gasteiger partial charge is 0.496 e. The van der Waals surface area contributed by atoms with Crippen molar-refractivity contribution in [2.24, 2.45) is 0 Å². The van der Waals surface area contributed by atoms with Crippen LogP contribution >= 0.6 is 27.3 Å². The molecule has 1 aromatic heterocycles. The fourth-order valence-electron chi connectivity index (χ4n) is 1.61. The molecule has 0 spiro atoms.